The van der Waals surface area contributed by atoms with E-state index < -0.39 is 0 Å². The third-order valence-corrected chi connectivity index (χ3v) is 8.31. The smallest absolute Gasteiger partial charge is 0.00649 e. The summed E-state index contributed by atoms with van der Waals surface area (Å²) in [6.45, 7) is 9.18. The van der Waals surface area contributed by atoms with Crippen LogP contribution in [0, 0.1) is 27.7 Å². The van der Waals surface area contributed by atoms with Gasteiger partial charge in [-0.3, -0.25) is 0 Å². The number of allylic oxidation sites excluding steroid dienone is 4. The number of aryl methyl sites for hydroxylation is 3. The average molecular weight is 415 g/mol. The summed E-state index contributed by atoms with van der Waals surface area (Å²) in [4.78, 5) is 0. The van der Waals surface area contributed by atoms with E-state index in [1.165, 1.54) is 66.9 Å². The Kier molecular flexibility index (Phi) is 4.40. The van der Waals surface area contributed by atoms with Crippen LogP contribution in [0.4, 0.5) is 0 Å². The molecular weight excluding hydrogens is 384 g/mol. The highest BCUT2D eigenvalue weighted by Crippen LogP contribution is 2.45. The predicted octanol–water partition coefficient (Wildman–Crippen LogP) is 8.67. The molecule has 2 aliphatic carbocycles. The molecule has 0 N–H and O–H groups in total. The molecule has 0 aliphatic heterocycles. The highest BCUT2D eigenvalue weighted by molar-refractivity contribution is 5.98. The maximum atomic E-state index is 2.46. The molecule has 0 radical (unpaired) electrons. The van der Waals surface area contributed by atoms with Gasteiger partial charge in [0.05, 0.1) is 0 Å². The van der Waals surface area contributed by atoms with E-state index in [9.17, 15) is 0 Å². The molecule has 6 rings (SSSR count). The van der Waals surface area contributed by atoms with Gasteiger partial charge in [0.25, 0.3) is 0 Å². The zero-order valence-electron chi connectivity index (χ0n) is 19.5. The van der Waals surface area contributed by atoms with Crippen molar-refractivity contribution in [3.05, 3.63) is 111 Å². The second kappa shape index (κ2) is 7.20. The minimum Gasteiger partial charge on any atom is -0.0761 e. The Morgan fingerprint density at radius 3 is 2.34 bits per heavy atom. The minimum atomic E-state index is 0.468. The van der Waals surface area contributed by atoms with Gasteiger partial charge in [0.2, 0.25) is 0 Å². The lowest BCUT2D eigenvalue weighted by molar-refractivity contribution is 0.760. The van der Waals surface area contributed by atoms with Gasteiger partial charge in [0.1, 0.15) is 0 Å². The molecule has 0 bridgehead atoms. The van der Waals surface area contributed by atoms with Crippen molar-refractivity contribution in [2.45, 2.75) is 52.9 Å². The van der Waals surface area contributed by atoms with Gasteiger partial charge >= 0.3 is 0 Å². The Morgan fingerprint density at radius 2 is 1.47 bits per heavy atom. The van der Waals surface area contributed by atoms with E-state index in [1.54, 1.807) is 11.1 Å². The fourth-order valence-corrected chi connectivity index (χ4v) is 6.21. The van der Waals surface area contributed by atoms with Crippen LogP contribution in [0.3, 0.4) is 0 Å². The van der Waals surface area contributed by atoms with Gasteiger partial charge in [-0.2, -0.15) is 0 Å². The van der Waals surface area contributed by atoms with Gasteiger partial charge in [-0.05, 0) is 113 Å². The number of rotatable bonds is 1. The highest BCUT2D eigenvalue weighted by atomic mass is 14.3. The topological polar surface area (TPSA) is 0 Å². The van der Waals surface area contributed by atoms with E-state index in [2.05, 4.69) is 94.4 Å². The summed E-state index contributed by atoms with van der Waals surface area (Å²) in [7, 11) is 0. The molecule has 0 nitrogen and oxygen atoms in total. The molecule has 0 amide bonds. The molecule has 0 fully saturated rings. The van der Waals surface area contributed by atoms with Gasteiger partial charge in [0.15, 0.2) is 0 Å². The molecule has 1 unspecified atom stereocenters. The molecule has 0 spiro atoms. The quantitative estimate of drug-likeness (QED) is 0.292. The van der Waals surface area contributed by atoms with Crippen molar-refractivity contribution in [3.8, 4) is 0 Å². The monoisotopic (exact) mass is 414 g/mol. The zero-order chi connectivity index (χ0) is 22.0. The summed E-state index contributed by atoms with van der Waals surface area (Å²) in [6.07, 6.45) is 8.36. The van der Waals surface area contributed by atoms with E-state index in [0.717, 1.165) is 12.8 Å². The lowest BCUT2D eigenvalue weighted by Crippen LogP contribution is -2.12. The van der Waals surface area contributed by atoms with Crippen molar-refractivity contribution < 1.29 is 0 Å². The van der Waals surface area contributed by atoms with Crippen molar-refractivity contribution in [2.75, 3.05) is 0 Å². The lowest BCUT2D eigenvalue weighted by Gasteiger charge is -2.30. The summed E-state index contributed by atoms with van der Waals surface area (Å²) in [5, 5.41) is 5.70. The second-order valence-electron chi connectivity index (χ2n) is 9.77. The molecule has 0 saturated heterocycles. The maximum absolute atomic E-state index is 2.46. The third-order valence-electron chi connectivity index (χ3n) is 8.31. The van der Waals surface area contributed by atoms with Crippen LogP contribution in [-0.4, -0.2) is 0 Å². The summed E-state index contributed by atoms with van der Waals surface area (Å²) in [5.41, 5.74) is 13.4. The van der Waals surface area contributed by atoms with Gasteiger partial charge in [-0.25, -0.2) is 0 Å². The summed E-state index contributed by atoms with van der Waals surface area (Å²) >= 11 is 0. The van der Waals surface area contributed by atoms with Crippen LogP contribution < -0.4 is 0 Å². The van der Waals surface area contributed by atoms with Gasteiger partial charge in [0, 0.05) is 5.92 Å². The fraction of sp³-hybridized carbons (Fsp3) is 0.250. The van der Waals surface area contributed by atoms with Crippen molar-refractivity contribution in [1.82, 2.24) is 0 Å². The van der Waals surface area contributed by atoms with Gasteiger partial charge in [-0.1, -0.05) is 72.3 Å². The highest BCUT2D eigenvalue weighted by Gasteiger charge is 2.26. The molecule has 0 saturated carbocycles. The van der Waals surface area contributed by atoms with E-state index in [4.69, 9.17) is 0 Å². The van der Waals surface area contributed by atoms with Crippen LogP contribution >= 0.6 is 0 Å². The maximum Gasteiger partial charge on any atom is 0.00649 e. The first-order valence-electron chi connectivity index (χ1n) is 11.9. The predicted molar refractivity (Wildman–Crippen MR) is 139 cm³/mol. The Morgan fingerprint density at radius 1 is 0.688 bits per heavy atom. The zero-order valence-corrected chi connectivity index (χ0v) is 19.5. The van der Waals surface area contributed by atoms with E-state index in [-0.39, 0.29) is 0 Å². The standard InChI is InChI=1S/C32H30/c1-19-20(2)22(4)32-26(21(19)3)16-17-30-29-14-12-24(18-25(29)13-15-31(30)32)28-11-7-9-23-8-5-6-10-27(23)28/h5-12,14,16-17,24H,13,15,18H2,1-4H3. The SMILES string of the molecule is Cc1c(C)c(C)c2c3c(ccc2c1C)C1=C(CC3)CC(c2cccc3ccccc23)C=C1. The molecule has 2 aliphatic rings. The first-order chi connectivity index (χ1) is 15.5. The molecule has 0 heteroatoms. The van der Waals surface area contributed by atoms with Crippen LogP contribution in [0.2, 0.25) is 0 Å². The molecule has 0 heterocycles. The minimum absolute atomic E-state index is 0.468. The van der Waals surface area contributed by atoms with Crippen LogP contribution in [0.1, 0.15) is 57.7 Å². The largest absolute Gasteiger partial charge is 0.0761 e. The Balaban J connectivity index is 1.47. The number of hydrogen-bond donors (Lipinski definition) is 0. The summed E-state index contributed by atoms with van der Waals surface area (Å²) < 4.78 is 0. The molecule has 1 atom stereocenters. The normalized spacial score (nSPS) is 17.7. The first-order valence-corrected chi connectivity index (χ1v) is 11.9. The molecule has 0 aromatic heterocycles. The van der Waals surface area contributed by atoms with Gasteiger partial charge in [-0.15, -0.1) is 0 Å². The molecule has 32 heavy (non-hydrogen) atoms. The first kappa shape index (κ1) is 19.6. The number of hydrogen-bond acceptors (Lipinski definition) is 0. The number of benzene rings is 4. The van der Waals surface area contributed by atoms with Crippen LogP contribution in [0.25, 0.3) is 27.1 Å². The Bertz CT molecular complexity index is 1470. The van der Waals surface area contributed by atoms with Crippen molar-refractivity contribution >= 4 is 27.1 Å². The average Bonchev–Trinajstić information content (AvgIpc) is 2.84. The fourth-order valence-electron chi connectivity index (χ4n) is 6.21. The van der Waals surface area contributed by atoms with Gasteiger partial charge < -0.3 is 0 Å². The molecular formula is C32H30. The lowest BCUT2D eigenvalue weighted by atomic mass is 9.74. The van der Waals surface area contributed by atoms with Crippen molar-refractivity contribution in [3.63, 3.8) is 0 Å². The Hall–Kier alpha value is -3.12. The van der Waals surface area contributed by atoms with E-state index in [1.807, 2.05) is 0 Å². The van der Waals surface area contributed by atoms with E-state index in [0.29, 0.717) is 5.92 Å². The van der Waals surface area contributed by atoms with E-state index >= 15 is 0 Å². The molecule has 4 aromatic carbocycles. The third kappa shape index (κ3) is 2.75. The molecule has 4 aromatic rings. The van der Waals surface area contributed by atoms with Crippen LogP contribution in [0.15, 0.2) is 72.3 Å². The summed E-state index contributed by atoms with van der Waals surface area (Å²) in [6, 6.07) is 20.4. The Labute approximate surface area is 191 Å². The summed E-state index contributed by atoms with van der Waals surface area (Å²) in [5.74, 6) is 0.468. The van der Waals surface area contributed by atoms with Crippen LogP contribution in [0.5, 0.6) is 0 Å². The van der Waals surface area contributed by atoms with Crippen molar-refractivity contribution in [1.29, 1.82) is 0 Å². The van der Waals surface area contributed by atoms with Crippen LogP contribution in [-0.2, 0) is 6.42 Å². The number of fused-ring (bicyclic) bond motifs is 5. The molecule has 158 valence electrons. The second-order valence-corrected chi connectivity index (χ2v) is 9.77. The van der Waals surface area contributed by atoms with Crippen molar-refractivity contribution in [2.24, 2.45) is 0 Å².